The molecule has 0 aromatic carbocycles. The normalized spacial score (nSPS) is 25.9. The fraction of sp³-hybridized carbons (Fsp3) is 0.435. The van der Waals surface area contributed by atoms with Gasteiger partial charge in [-0.25, -0.2) is 4.99 Å². The maximum absolute atomic E-state index is 12.8. The van der Waals surface area contributed by atoms with Gasteiger partial charge in [0, 0.05) is 30.9 Å². The van der Waals surface area contributed by atoms with Crippen molar-refractivity contribution in [3.05, 3.63) is 58.7 Å². The third-order valence-electron chi connectivity index (χ3n) is 6.41. The van der Waals surface area contributed by atoms with Crippen LogP contribution in [0.5, 0.6) is 0 Å². The van der Waals surface area contributed by atoms with Crippen molar-refractivity contribution in [2.75, 3.05) is 19.6 Å². The summed E-state index contributed by atoms with van der Waals surface area (Å²) in [5, 5.41) is 8.64. The molecule has 4 atom stereocenters. The number of rotatable bonds is 8. The van der Waals surface area contributed by atoms with E-state index >= 15 is 0 Å². The van der Waals surface area contributed by atoms with Crippen molar-refractivity contribution >= 4 is 53.1 Å². The minimum atomic E-state index is -0.138. The zero-order chi connectivity index (χ0) is 21.2. The maximum Gasteiger partial charge on any atom is 0.233 e. The Balaban J connectivity index is 0.00000245. The molecular weight excluding hydrogens is 539 g/mol. The Labute approximate surface area is 208 Å². The topological polar surface area (TPSA) is 86.9 Å². The first-order valence-electron chi connectivity index (χ1n) is 10.8. The van der Waals surface area contributed by atoms with Gasteiger partial charge in [0.2, 0.25) is 11.8 Å². The standard InChI is InChI=1S/C23H26N4O3S.HI/c28-21-19-15-5-6-16(13-15)20(19)22(29)27(21)10-9-25-23(26-14-18-4-2-12-31-18)24-8-7-17-3-1-11-30-17;/h1-6,11-12,15-16,19-20H,7-10,13-14H2,(H2,24,25,26);1H. The fourth-order valence-electron chi connectivity index (χ4n) is 4.96. The molecule has 3 aliphatic rings. The van der Waals surface area contributed by atoms with Crippen molar-refractivity contribution in [3.8, 4) is 0 Å². The van der Waals surface area contributed by atoms with E-state index in [0.717, 1.165) is 18.6 Å². The number of imide groups is 1. The van der Waals surface area contributed by atoms with Gasteiger partial charge < -0.3 is 15.1 Å². The molecule has 0 spiro atoms. The average Bonchev–Trinajstić information content (AvgIpc) is 3.59. The van der Waals surface area contributed by atoms with Crippen molar-refractivity contribution in [2.45, 2.75) is 19.4 Å². The van der Waals surface area contributed by atoms with E-state index in [1.54, 1.807) is 17.6 Å². The van der Waals surface area contributed by atoms with Crippen molar-refractivity contribution < 1.29 is 14.0 Å². The number of fused-ring (bicyclic) bond motifs is 5. The van der Waals surface area contributed by atoms with Crippen LogP contribution in [0.4, 0.5) is 0 Å². The lowest BCUT2D eigenvalue weighted by Gasteiger charge is -2.18. The van der Waals surface area contributed by atoms with Gasteiger partial charge in [-0.2, -0.15) is 0 Å². The summed E-state index contributed by atoms with van der Waals surface area (Å²) in [6, 6.07) is 7.88. The smallest absolute Gasteiger partial charge is 0.233 e. The Bertz CT molecular complexity index is 959. The van der Waals surface area contributed by atoms with Crippen LogP contribution in [0.25, 0.3) is 0 Å². The first-order valence-corrected chi connectivity index (χ1v) is 11.7. The van der Waals surface area contributed by atoms with Crippen molar-refractivity contribution in [3.63, 3.8) is 0 Å². The largest absolute Gasteiger partial charge is 0.469 e. The van der Waals surface area contributed by atoms with Crippen LogP contribution in [0.15, 0.2) is 57.5 Å². The number of amides is 2. The van der Waals surface area contributed by atoms with Crippen LogP contribution in [0.2, 0.25) is 0 Å². The molecule has 2 amide bonds. The molecule has 5 rings (SSSR count). The molecule has 9 heteroatoms. The lowest BCUT2D eigenvalue weighted by molar-refractivity contribution is -0.140. The van der Waals surface area contributed by atoms with E-state index < -0.39 is 0 Å². The quantitative estimate of drug-likeness (QED) is 0.169. The predicted molar refractivity (Wildman–Crippen MR) is 134 cm³/mol. The molecule has 7 nitrogen and oxygen atoms in total. The molecular formula is C23H27IN4O3S. The third-order valence-corrected chi connectivity index (χ3v) is 7.27. The summed E-state index contributed by atoms with van der Waals surface area (Å²) in [5.74, 6) is 1.79. The molecule has 2 aromatic heterocycles. The third kappa shape index (κ3) is 4.63. The summed E-state index contributed by atoms with van der Waals surface area (Å²) < 4.78 is 5.38. The SMILES string of the molecule is I.O=C1C2C3C=CC(C3)C2C(=O)N1CCNC(=NCc1cccs1)NCCc1ccco1. The maximum atomic E-state index is 12.8. The molecule has 2 aliphatic carbocycles. The van der Waals surface area contributed by atoms with Crippen LogP contribution in [0, 0.1) is 23.7 Å². The lowest BCUT2D eigenvalue weighted by atomic mass is 9.85. The Kier molecular flexibility index (Phi) is 7.34. The number of nitrogens with one attached hydrogen (secondary N) is 2. The molecule has 2 aromatic rings. The van der Waals surface area contributed by atoms with Gasteiger partial charge in [-0.15, -0.1) is 35.3 Å². The fourth-order valence-corrected chi connectivity index (χ4v) is 5.59. The molecule has 3 heterocycles. The van der Waals surface area contributed by atoms with E-state index in [1.807, 2.05) is 23.6 Å². The first-order chi connectivity index (χ1) is 15.2. The molecule has 1 saturated heterocycles. The van der Waals surface area contributed by atoms with Gasteiger partial charge in [0.25, 0.3) is 0 Å². The lowest BCUT2D eigenvalue weighted by Crippen LogP contribution is -2.44. The van der Waals surface area contributed by atoms with Crippen LogP contribution < -0.4 is 10.6 Å². The number of furan rings is 1. The molecule has 0 radical (unpaired) electrons. The summed E-state index contributed by atoms with van der Waals surface area (Å²) in [5.41, 5.74) is 0. The number of carbonyl (C=O) groups is 2. The number of hydrogen-bond acceptors (Lipinski definition) is 5. The van der Waals surface area contributed by atoms with Crippen LogP contribution in [0.3, 0.4) is 0 Å². The van der Waals surface area contributed by atoms with E-state index in [2.05, 4.69) is 33.8 Å². The van der Waals surface area contributed by atoms with Crippen molar-refractivity contribution in [1.82, 2.24) is 15.5 Å². The van der Waals surface area contributed by atoms with Gasteiger partial charge in [0.1, 0.15) is 5.76 Å². The second-order valence-electron chi connectivity index (χ2n) is 8.26. The Morgan fingerprint density at radius 1 is 1.09 bits per heavy atom. The predicted octanol–water partition coefficient (Wildman–Crippen LogP) is 3.04. The molecule has 1 saturated carbocycles. The van der Waals surface area contributed by atoms with Crippen molar-refractivity contribution in [1.29, 1.82) is 0 Å². The molecule has 2 fully saturated rings. The number of halogens is 1. The second-order valence-corrected chi connectivity index (χ2v) is 9.29. The minimum Gasteiger partial charge on any atom is -0.469 e. The number of carbonyl (C=O) groups excluding carboxylic acids is 2. The summed E-state index contributed by atoms with van der Waals surface area (Å²) in [7, 11) is 0. The Morgan fingerprint density at radius 3 is 2.50 bits per heavy atom. The average molecular weight is 566 g/mol. The highest BCUT2D eigenvalue weighted by Crippen LogP contribution is 2.52. The number of guanidine groups is 1. The van der Waals surface area contributed by atoms with Gasteiger partial charge in [0.05, 0.1) is 24.6 Å². The first kappa shape index (κ1) is 23.0. The highest BCUT2D eigenvalue weighted by atomic mass is 127. The van der Waals surface area contributed by atoms with E-state index in [-0.39, 0.29) is 59.5 Å². The van der Waals surface area contributed by atoms with Gasteiger partial charge in [-0.3, -0.25) is 14.5 Å². The van der Waals surface area contributed by atoms with E-state index in [4.69, 9.17) is 4.42 Å². The van der Waals surface area contributed by atoms with Crippen LogP contribution in [-0.2, 0) is 22.6 Å². The number of hydrogen-bond donors (Lipinski definition) is 2. The molecule has 2 bridgehead atoms. The van der Waals surface area contributed by atoms with Gasteiger partial charge >= 0.3 is 0 Å². The van der Waals surface area contributed by atoms with E-state index in [0.29, 0.717) is 32.1 Å². The minimum absolute atomic E-state index is 0. The highest BCUT2D eigenvalue weighted by molar-refractivity contribution is 14.0. The Hall–Kier alpha value is -2.14. The van der Waals surface area contributed by atoms with E-state index in [9.17, 15) is 9.59 Å². The zero-order valence-corrected chi connectivity index (χ0v) is 20.8. The van der Waals surface area contributed by atoms with Crippen LogP contribution >= 0.6 is 35.3 Å². The summed E-state index contributed by atoms with van der Waals surface area (Å²) in [6.45, 7) is 2.08. The number of aliphatic imine (C=N–C) groups is 1. The number of nitrogens with zero attached hydrogens (tertiary/aromatic N) is 2. The molecule has 170 valence electrons. The highest BCUT2D eigenvalue weighted by Gasteiger charge is 2.58. The number of allylic oxidation sites excluding steroid dienone is 2. The van der Waals surface area contributed by atoms with Crippen molar-refractivity contribution in [2.24, 2.45) is 28.7 Å². The second kappa shape index (κ2) is 10.2. The Morgan fingerprint density at radius 2 is 1.84 bits per heavy atom. The van der Waals surface area contributed by atoms with Crippen LogP contribution in [0.1, 0.15) is 17.1 Å². The van der Waals surface area contributed by atoms with Gasteiger partial charge in [-0.1, -0.05) is 18.2 Å². The molecule has 4 unspecified atom stereocenters. The van der Waals surface area contributed by atoms with Crippen LogP contribution in [-0.4, -0.2) is 42.3 Å². The molecule has 1 aliphatic heterocycles. The summed E-state index contributed by atoms with van der Waals surface area (Å²) >= 11 is 1.67. The number of thiophene rings is 1. The summed E-state index contributed by atoms with van der Waals surface area (Å²) in [6.07, 6.45) is 7.61. The summed E-state index contributed by atoms with van der Waals surface area (Å²) in [4.78, 5) is 33.0. The monoisotopic (exact) mass is 566 g/mol. The number of likely N-dealkylation sites (tertiary alicyclic amines) is 1. The molecule has 2 N–H and O–H groups in total. The van der Waals surface area contributed by atoms with Gasteiger partial charge in [0.15, 0.2) is 5.96 Å². The zero-order valence-electron chi connectivity index (χ0n) is 17.6. The molecule has 32 heavy (non-hydrogen) atoms. The van der Waals surface area contributed by atoms with E-state index in [1.165, 1.54) is 9.78 Å². The van der Waals surface area contributed by atoms with Gasteiger partial charge in [-0.05, 0) is 41.8 Å².